The van der Waals surface area contributed by atoms with Gasteiger partial charge in [-0.3, -0.25) is 19.3 Å². The number of hydrogen-bond donors (Lipinski definition) is 2. The lowest BCUT2D eigenvalue weighted by Gasteiger charge is -2.57. The molecule has 4 aliphatic carbocycles. The van der Waals surface area contributed by atoms with Gasteiger partial charge in [-0.1, -0.05) is 0 Å². The van der Waals surface area contributed by atoms with Crippen LogP contribution in [0.5, 0.6) is 0 Å². The molecule has 5 rings (SSSR count). The number of rotatable bonds is 5. The third-order valence-electron chi connectivity index (χ3n) is 6.82. The van der Waals surface area contributed by atoms with Gasteiger partial charge in [-0.2, -0.15) is 0 Å². The number of amides is 2. The van der Waals surface area contributed by atoms with Crippen LogP contribution in [0.25, 0.3) is 0 Å². The fraction of sp³-hybridized carbons (Fsp3) is 0.842. The first-order chi connectivity index (χ1) is 12.5. The molecule has 4 bridgehead atoms. The molecule has 1 heterocycles. The van der Waals surface area contributed by atoms with Gasteiger partial charge in [0.05, 0.1) is 20.1 Å². The third-order valence-corrected chi connectivity index (χ3v) is 6.82. The summed E-state index contributed by atoms with van der Waals surface area (Å²) in [6.45, 7) is 1.24. The molecular formula is C19H29N3O4. The molecule has 5 fully saturated rings. The van der Waals surface area contributed by atoms with E-state index in [-0.39, 0.29) is 30.3 Å². The Morgan fingerprint density at radius 2 is 1.81 bits per heavy atom. The Labute approximate surface area is 154 Å². The molecule has 2 amide bonds. The van der Waals surface area contributed by atoms with Crippen LogP contribution in [-0.4, -0.2) is 61.0 Å². The Hall–Kier alpha value is -1.63. The van der Waals surface area contributed by atoms with Crippen molar-refractivity contribution in [2.45, 2.75) is 56.5 Å². The molecule has 0 aromatic rings. The van der Waals surface area contributed by atoms with Crippen LogP contribution in [0, 0.1) is 17.8 Å². The Kier molecular flexibility index (Phi) is 4.67. The van der Waals surface area contributed by atoms with E-state index in [1.807, 2.05) is 4.90 Å². The Balaban J connectivity index is 1.39. The van der Waals surface area contributed by atoms with Crippen LogP contribution in [0.4, 0.5) is 0 Å². The maximum absolute atomic E-state index is 12.8. The lowest BCUT2D eigenvalue weighted by molar-refractivity contribution is -0.147. The zero-order chi connectivity index (χ0) is 18.3. The molecule has 4 saturated carbocycles. The summed E-state index contributed by atoms with van der Waals surface area (Å²) in [7, 11) is 1.31. The smallest absolute Gasteiger partial charge is 0.307 e. The molecule has 2 N–H and O–H groups in total. The predicted octanol–water partition coefficient (Wildman–Crippen LogP) is 0.435. The number of carbonyl (C=O) groups excluding carboxylic acids is 3. The second-order valence-corrected chi connectivity index (χ2v) is 8.80. The van der Waals surface area contributed by atoms with Gasteiger partial charge >= 0.3 is 5.97 Å². The van der Waals surface area contributed by atoms with Crippen LogP contribution in [-0.2, 0) is 19.1 Å². The molecule has 0 unspecified atom stereocenters. The van der Waals surface area contributed by atoms with Gasteiger partial charge in [0.15, 0.2) is 0 Å². The summed E-state index contributed by atoms with van der Waals surface area (Å²) < 4.78 is 4.70. The van der Waals surface area contributed by atoms with E-state index in [1.165, 1.54) is 26.4 Å². The van der Waals surface area contributed by atoms with Crippen LogP contribution in [0.3, 0.4) is 0 Å². The number of piperazine rings is 1. The van der Waals surface area contributed by atoms with Crippen molar-refractivity contribution in [1.82, 2.24) is 15.5 Å². The van der Waals surface area contributed by atoms with Crippen molar-refractivity contribution >= 4 is 17.8 Å². The normalized spacial score (nSPS) is 38.7. The minimum absolute atomic E-state index is 0.0171. The van der Waals surface area contributed by atoms with Crippen LogP contribution >= 0.6 is 0 Å². The summed E-state index contributed by atoms with van der Waals surface area (Å²) >= 11 is 0. The molecule has 1 aliphatic heterocycles. The highest BCUT2D eigenvalue weighted by molar-refractivity contribution is 5.88. The first-order valence-electron chi connectivity index (χ1n) is 9.86. The molecule has 1 saturated heterocycles. The van der Waals surface area contributed by atoms with Crippen LogP contribution in [0.1, 0.15) is 44.9 Å². The highest BCUT2D eigenvalue weighted by Gasteiger charge is 2.51. The second-order valence-electron chi connectivity index (χ2n) is 8.80. The minimum atomic E-state index is -0.627. The van der Waals surface area contributed by atoms with Crippen molar-refractivity contribution in [3.63, 3.8) is 0 Å². The van der Waals surface area contributed by atoms with Gasteiger partial charge < -0.3 is 15.4 Å². The van der Waals surface area contributed by atoms with E-state index >= 15 is 0 Å². The van der Waals surface area contributed by atoms with E-state index in [2.05, 4.69) is 10.6 Å². The van der Waals surface area contributed by atoms with E-state index in [1.54, 1.807) is 0 Å². The number of methoxy groups -OCH3 is 1. The van der Waals surface area contributed by atoms with Crippen molar-refractivity contribution in [2.24, 2.45) is 17.8 Å². The molecular weight excluding hydrogens is 334 g/mol. The number of nitrogens with one attached hydrogen (secondary N) is 2. The van der Waals surface area contributed by atoms with E-state index in [4.69, 9.17) is 4.74 Å². The van der Waals surface area contributed by atoms with Crippen molar-refractivity contribution in [3.05, 3.63) is 0 Å². The SMILES string of the molecule is COC(=O)C[C@H]1C(=O)NCCN1CC(=O)NC12CC3CC(CC(C3)C1)C2. The average Bonchev–Trinajstić information content (AvgIpc) is 2.56. The number of carbonyl (C=O) groups is 3. The zero-order valence-electron chi connectivity index (χ0n) is 15.5. The van der Waals surface area contributed by atoms with Gasteiger partial charge in [0.2, 0.25) is 11.8 Å². The third kappa shape index (κ3) is 3.46. The van der Waals surface area contributed by atoms with Crippen LogP contribution < -0.4 is 10.6 Å². The summed E-state index contributed by atoms with van der Waals surface area (Å²) in [5, 5.41) is 6.12. The number of nitrogens with zero attached hydrogens (tertiary/aromatic N) is 1. The van der Waals surface area contributed by atoms with Crippen molar-refractivity contribution < 1.29 is 19.1 Å². The molecule has 0 spiro atoms. The molecule has 7 heteroatoms. The van der Waals surface area contributed by atoms with E-state index in [0.29, 0.717) is 13.1 Å². The summed E-state index contributed by atoms with van der Waals surface area (Å²) in [4.78, 5) is 38.4. The van der Waals surface area contributed by atoms with E-state index in [0.717, 1.165) is 37.0 Å². The summed E-state index contributed by atoms with van der Waals surface area (Å²) in [6.07, 6.45) is 7.31. The lowest BCUT2D eigenvalue weighted by Crippen LogP contribution is -2.63. The Bertz CT molecular complexity index is 570. The first-order valence-corrected chi connectivity index (χ1v) is 9.86. The fourth-order valence-electron chi connectivity index (χ4n) is 6.20. The Morgan fingerprint density at radius 3 is 2.38 bits per heavy atom. The molecule has 7 nitrogen and oxygen atoms in total. The van der Waals surface area contributed by atoms with Gasteiger partial charge in [-0.05, 0) is 56.3 Å². The number of ether oxygens (including phenoxy) is 1. The van der Waals surface area contributed by atoms with Crippen molar-refractivity contribution in [1.29, 1.82) is 0 Å². The fourth-order valence-corrected chi connectivity index (χ4v) is 6.20. The van der Waals surface area contributed by atoms with Crippen LogP contribution in [0.2, 0.25) is 0 Å². The predicted molar refractivity (Wildman–Crippen MR) is 94.0 cm³/mol. The van der Waals surface area contributed by atoms with Gasteiger partial charge in [0.25, 0.3) is 0 Å². The highest BCUT2D eigenvalue weighted by Crippen LogP contribution is 2.55. The van der Waals surface area contributed by atoms with E-state index in [9.17, 15) is 14.4 Å². The molecule has 1 atom stereocenters. The van der Waals surface area contributed by atoms with Gasteiger partial charge in [0, 0.05) is 18.6 Å². The molecule has 0 aromatic carbocycles. The summed E-state index contributed by atoms with van der Waals surface area (Å²) in [6, 6.07) is -0.627. The maximum Gasteiger partial charge on any atom is 0.307 e. The van der Waals surface area contributed by atoms with Gasteiger partial charge in [-0.15, -0.1) is 0 Å². The lowest BCUT2D eigenvalue weighted by atomic mass is 9.53. The average molecular weight is 363 g/mol. The maximum atomic E-state index is 12.8. The second kappa shape index (κ2) is 6.83. The highest BCUT2D eigenvalue weighted by atomic mass is 16.5. The standard InChI is InChI=1S/C19H29N3O4/c1-26-17(24)7-15-18(25)20-2-3-22(15)11-16(23)21-19-8-12-4-13(9-19)6-14(5-12)10-19/h12-15H,2-11H2,1H3,(H,20,25)(H,21,23)/t12?,13?,14?,15-,19?/m0/s1. The summed E-state index contributed by atoms with van der Waals surface area (Å²) in [5.41, 5.74) is -0.0261. The molecule has 26 heavy (non-hydrogen) atoms. The quantitative estimate of drug-likeness (QED) is 0.692. The van der Waals surface area contributed by atoms with Gasteiger partial charge in [-0.25, -0.2) is 0 Å². The zero-order valence-corrected chi connectivity index (χ0v) is 15.5. The number of esters is 1. The van der Waals surface area contributed by atoms with Crippen molar-refractivity contribution in [3.8, 4) is 0 Å². The molecule has 0 radical (unpaired) electrons. The van der Waals surface area contributed by atoms with Crippen LogP contribution in [0.15, 0.2) is 0 Å². The first kappa shape index (κ1) is 17.8. The Morgan fingerprint density at radius 1 is 1.19 bits per heavy atom. The molecule has 144 valence electrons. The largest absolute Gasteiger partial charge is 0.469 e. The van der Waals surface area contributed by atoms with Gasteiger partial charge in [0.1, 0.15) is 6.04 Å². The minimum Gasteiger partial charge on any atom is -0.469 e. The topological polar surface area (TPSA) is 87.7 Å². The van der Waals surface area contributed by atoms with Crippen molar-refractivity contribution in [2.75, 3.05) is 26.7 Å². The molecule has 0 aromatic heterocycles. The number of hydrogen-bond acceptors (Lipinski definition) is 5. The van der Waals surface area contributed by atoms with E-state index < -0.39 is 12.0 Å². The monoisotopic (exact) mass is 363 g/mol. The summed E-state index contributed by atoms with van der Waals surface area (Å²) in [5.74, 6) is 1.66. The molecule has 5 aliphatic rings.